The number of nitrogens with zero attached hydrogens (tertiary/aromatic N) is 3. The molecule has 1 aromatic heterocycles. The van der Waals surface area contributed by atoms with Crippen LogP contribution in [0.5, 0.6) is 0 Å². The van der Waals surface area contributed by atoms with Crippen LogP contribution in [0.25, 0.3) is 0 Å². The number of aromatic nitrogens is 1. The van der Waals surface area contributed by atoms with Crippen LogP contribution in [0.2, 0.25) is 0 Å². The molecule has 1 aromatic rings. The number of H-pyrrole nitrogens is 1. The molecule has 29 heavy (non-hydrogen) atoms. The van der Waals surface area contributed by atoms with E-state index in [4.69, 9.17) is 0 Å². The maximum Gasteiger partial charge on any atom is 0.331 e. The first-order chi connectivity index (χ1) is 14.0. The van der Waals surface area contributed by atoms with E-state index < -0.39 is 12.1 Å². The highest BCUT2D eigenvalue weighted by Crippen LogP contribution is 2.28. The van der Waals surface area contributed by atoms with Crippen LogP contribution in [0.4, 0.5) is 4.79 Å². The molecule has 1 atom stereocenters. The van der Waals surface area contributed by atoms with Crippen molar-refractivity contribution in [3.8, 4) is 0 Å². The Labute approximate surface area is 172 Å². The van der Waals surface area contributed by atoms with Crippen molar-refractivity contribution in [3.05, 3.63) is 47.9 Å². The zero-order valence-corrected chi connectivity index (χ0v) is 17.3. The van der Waals surface area contributed by atoms with Crippen LogP contribution in [0.3, 0.4) is 0 Å². The van der Waals surface area contributed by atoms with Crippen LogP contribution in [-0.2, 0) is 9.59 Å². The van der Waals surface area contributed by atoms with E-state index in [-0.39, 0.29) is 18.4 Å². The van der Waals surface area contributed by atoms with E-state index in [2.05, 4.69) is 18.0 Å². The Morgan fingerprint density at radius 1 is 1.24 bits per heavy atom. The van der Waals surface area contributed by atoms with Gasteiger partial charge in [-0.05, 0) is 18.9 Å². The first-order valence-corrected chi connectivity index (χ1v) is 10.4. The number of likely N-dealkylation sites (N-methyl/N-ethyl adjacent to an activating group) is 1. The summed E-state index contributed by atoms with van der Waals surface area (Å²) in [6, 6.07) is 0.584. The minimum absolute atomic E-state index is 0.219. The molecular formula is C22H30N4O3. The molecule has 1 fully saturated rings. The molecule has 0 aromatic carbocycles. The third-order valence-electron chi connectivity index (χ3n) is 5.54. The molecule has 3 rings (SSSR count). The van der Waals surface area contributed by atoms with Gasteiger partial charge in [0.05, 0.1) is 0 Å². The largest absolute Gasteiger partial charge is 0.367 e. The summed E-state index contributed by atoms with van der Waals surface area (Å²) in [7, 11) is 1.61. The lowest BCUT2D eigenvalue weighted by molar-refractivity contribution is -0.152. The Morgan fingerprint density at radius 2 is 2.07 bits per heavy atom. The fourth-order valence-corrected chi connectivity index (χ4v) is 3.83. The van der Waals surface area contributed by atoms with E-state index in [9.17, 15) is 14.4 Å². The highest BCUT2D eigenvalue weighted by atomic mass is 16.2. The van der Waals surface area contributed by atoms with Crippen molar-refractivity contribution >= 4 is 17.8 Å². The summed E-state index contributed by atoms with van der Waals surface area (Å²) in [4.78, 5) is 46.4. The van der Waals surface area contributed by atoms with Gasteiger partial charge in [0.1, 0.15) is 12.6 Å². The lowest BCUT2D eigenvalue weighted by Crippen LogP contribution is -2.58. The van der Waals surface area contributed by atoms with Gasteiger partial charge in [-0.2, -0.15) is 0 Å². The molecule has 1 unspecified atom stereocenters. The van der Waals surface area contributed by atoms with E-state index in [1.165, 1.54) is 4.90 Å². The van der Waals surface area contributed by atoms with Crippen LogP contribution in [0.15, 0.2) is 42.4 Å². The summed E-state index contributed by atoms with van der Waals surface area (Å²) in [5.74, 6) is -0.602. The lowest BCUT2D eigenvalue weighted by atomic mass is 10.0. The number of allylic oxidation sites excluding steroid dienone is 3. The SMILES string of the molecule is CCCCCCN(C(=O)N1CC(=O)N(C)C(c2cc[nH]c2)C1=O)C1=CCC=CC1. The molecule has 2 aliphatic rings. The van der Waals surface area contributed by atoms with E-state index in [0.29, 0.717) is 18.5 Å². The smallest absolute Gasteiger partial charge is 0.331 e. The van der Waals surface area contributed by atoms with Gasteiger partial charge < -0.3 is 9.88 Å². The second kappa shape index (κ2) is 9.58. The number of nitrogens with one attached hydrogen (secondary N) is 1. The number of imide groups is 1. The fourth-order valence-electron chi connectivity index (χ4n) is 3.83. The average Bonchev–Trinajstić information content (AvgIpc) is 3.25. The van der Waals surface area contributed by atoms with E-state index >= 15 is 0 Å². The van der Waals surface area contributed by atoms with Crippen molar-refractivity contribution in [2.75, 3.05) is 20.1 Å². The minimum Gasteiger partial charge on any atom is -0.367 e. The molecule has 7 heteroatoms. The number of hydrogen-bond donors (Lipinski definition) is 1. The molecule has 156 valence electrons. The highest BCUT2D eigenvalue weighted by molar-refractivity contribution is 6.05. The molecule has 1 N–H and O–H groups in total. The zero-order valence-electron chi connectivity index (χ0n) is 17.3. The fraction of sp³-hybridized carbons (Fsp3) is 0.500. The monoisotopic (exact) mass is 398 g/mol. The van der Waals surface area contributed by atoms with E-state index in [0.717, 1.165) is 42.7 Å². The molecule has 0 radical (unpaired) electrons. The number of aromatic amines is 1. The van der Waals surface area contributed by atoms with Gasteiger partial charge in [-0.3, -0.25) is 19.4 Å². The van der Waals surface area contributed by atoms with Crippen LogP contribution < -0.4 is 0 Å². The first kappa shape index (κ1) is 20.9. The summed E-state index contributed by atoms with van der Waals surface area (Å²) < 4.78 is 0. The predicted molar refractivity (Wildman–Crippen MR) is 111 cm³/mol. The van der Waals surface area contributed by atoms with Crippen LogP contribution in [-0.4, -0.2) is 57.7 Å². The normalized spacial score (nSPS) is 19.5. The van der Waals surface area contributed by atoms with Crippen molar-refractivity contribution in [1.29, 1.82) is 0 Å². The number of carbonyl (C=O) groups excluding carboxylic acids is 3. The summed E-state index contributed by atoms with van der Waals surface area (Å²) in [6.07, 6.45) is 15.1. The maximum absolute atomic E-state index is 13.4. The molecule has 1 aliphatic heterocycles. The van der Waals surface area contributed by atoms with Gasteiger partial charge in [0.2, 0.25) is 5.91 Å². The second-order valence-electron chi connectivity index (χ2n) is 7.58. The Morgan fingerprint density at radius 3 is 2.72 bits per heavy atom. The Hall–Kier alpha value is -2.83. The summed E-state index contributed by atoms with van der Waals surface area (Å²) in [6.45, 7) is 2.48. The molecule has 4 amide bonds. The number of hydrogen-bond acceptors (Lipinski definition) is 3. The highest BCUT2D eigenvalue weighted by Gasteiger charge is 2.43. The van der Waals surface area contributed by atoms with Crippen LogP contribution in [0, 0.1) is 0 Å². The molecule has 0 bridgehead atoms. The average molecular weight is 399 g/mol. The minimum atomic E-state index is -0.784. The molecule has 1 aliphatic carbocycles. The molecule has 2 heterocycles. The van der Waals surface area contributed by atoms with Crippen molar-refractivity contribution < 1.29 is 14.4 Å². The Balaban J connectivity index is 1.82. The third-order valence-corrected chi connectivity index (χ3v) is 5.54. The van der Waals surface area contributed by atoms with Crippen molar-refractivity contribution in [2.45, 2.75) is 51.5 Å². The number of rotatable bonds is 7. The zero-order chi connectivity index (χ0) is 20.8. The topological polar surface area (TPSA) is 76.7 Å². The lowest BCUT2D eigenvalue weighted by Gasteiger charge is -2.39. The van der Waals surface area contributed by atoms with Crippen molar-refractivity contribution in [2.24, 2.45) is 0 Å². The van der Waals surface area contributed by atoms with E-state index in [1.54, 1.807) is 30.4 Å². The molecule has 0 spiro atoms. The standard InChI is InChI=1S/C22H30N4O3/c1-3-4-5-9-14-25(18-10-7-6-8-11-18)22(29)26-16-19(27)24(2)20(21(26)28)17-12-13-23-15-17/h6-7,11-13,15,20,23H,3-5,8-10,14,16H2,1-2H3. The number of piperazine rings is 1. The summed E-state index contributed by atoms with van der Waals surface area (Å²) >= 11 is 0. The van der Waals surface area contributed by atoms with Gasteiger partial charge in [0, 0.05) is 43.7 Å². The molecule has 1 saturated heterocycles. The van der Waals surface area contributed by atoms with Gasteiger partial charge in [-0.1, -0.05) is 44.4 Å². The number of amides is 4. The number of unbranched alkanes of at least 4 members (excludes halogenated alkanes) is 3. The second-order valence-corrected chi connectivity index (χ2v) is 7.58. The molecule has 0 saturated carbocycles. The maximum atomic E-state index is 13.4. The summed E-state index contributed by atoms with van der Waals surface area (Å²) in [5.41, 5.74) is 1.59. The quantitative estimate of drug-likeness (QED) is 0.563. The van der Waals surface area contributed by atoms with Crippen molar-refractivity contribution in [1.82, 2.24) is 19.7 Å². The molecule has 7 nitrogen and oxygen atoms in total. The van der Waals surface area contributed by atoms with Gasteiger partial charge >= 0.3 is 6.03 Å². The van der Waals surface area contributed by atoms with Gasteiger partial charge in [-0.15, -0.1) is 0 Å². The van der Waals surface area contributed by atoms with Crippen LogP contribution in [0.1, 0.15) is 57.1 Å². The van der Waals surface area contributed by atoms with E-state index in [1.807, 2.05) is 12.2 Å². The summed E-state index contributed by atoms with van der Waals surface area (Å²) in [5, 5.41) is 0. The Bertz CT molecular complexity index is 797. The number of urea groups is 1. The van der Waals surface area contributed by atoms with Crippen molar-refractivity contribution in [3.63, 3.8) is 0 Å². The van der Waals surface area contributed by atoms with Crippen LogP contribution >= 0.6 is 0 Å². The molecular weight excluding hydrogens is 368 g/mol. The van der Waals surface area contributed by atoms with Gasteiger partial charge in [0.15, 0.2) is 0 Å². The van der Waals surface area contributed by atoms with Gasteiger partial charge in [0.25, 0.3) is 5.91 Å². The predicted octanol–water partition coefficient (Wildman–Crippen LogP) is 3.59. The first-order valence-electron chi connectivity index (χ1n) is 10.4. The van der Waals surface area contributed by atoms with Gasteiger partial charge in [-0.25, -0.2) is 4.79 Å². The third kappa shape index (κ3) is 4.60. The Kier molecular flexibility index (Phi) is 6.90. The number of carbonyl (C=O) groups is 3.